The second-order valence-corrected chi connectivity index (χ2v) is 8.62. The standard InChI is InChI=1S/C27H23N3OS2/c31-26(30(23-12-6-2-7-13-23)24-14-8-3-9-15-24)20-33-25-18-16-22(17-19-25)29-27(32)28-21-10-4-1-5-11-21/h1-19H,20H2,(H2,28,29,32). The Hall–Kier alpha value is -3.61. The minimum Gasteiger partial charge on any atom is -0.332 e. The van der Waals surface area contributed by atoms with Gasteiger partial charge in [0.15, 0.2) is 5.11 Å². The number of benzene rings is 4. The van der Waals surface area contributed by atoms with Crippen LogP contribution in [0.2, 0.25) is 0 Å². The number of para-hydroxylation sites is 3. The van der Waals surface area contributed by atoms with E-state index in [4.69, 9.17) is 12.2 Å². The third-order valence-electron chi connectivity index (χ3n) is 4.78. The number of hydrogen-bond donors (Lipinski definition) is 2. The summed E-state index contributed by atoms with van der Waals surface area (Å²) >= 11 is 6.89. The van der Waals surface area contributed by atoms with E-state index in [0.29, 0.717) is 10.9 Å². The zero-order valence-corrected chi connectivity index (χ0v) is 19.5. The number of carbonyl (C=O) groups is 1. The Morgan fingerprint density at radius 1 is 0.667 bits per heavy atom. The van der Waals surface area contributed by atoms with Gasteiger partial charge in [-0.1, -0.05) is 54.6 Å². The van der Waals surface area contributed by atoms with Crippen molar-refractivity contribution in [3.8, 4) is 0 Å². The maximum atomic E-state index is 13.2. The molecule has 0 saturated carbocycles. The van der Waals surface area contributed by atoms with E-state index in [0.717, 1.165) is 27.6 Å². The molecule has 0 aromatic heterocycles. The van der Waals surface area contributed by atoms with Gasteiger partial charge < -0.3 is 10.6 Å². The topological polar surface area (TPSA) is 44.4 Å². The lowest BCUT2D eigenvalue weighted by molar-refractivity contribution is -0.115. The van der Waals surface area contributed by atoms with Gasteiger partial charge in [0.05, 0.1) is 5.75 Å². The molecule has 2 N–H and O–H groups in total. The van der Waals surface area contributed by atoms with Gasteiger partial charge >= 0.3 is 0 Å². The van der Waals surface area contributed by atoms with Gasteiger partial charge in [-0.2, -0.15) is 0 Å². The van der Waals surface area contributed by atoms with Gasteiger partial charge in [0.25, 0.3) is 0 Å². The predicted octanol–water partition coefficient (Wildman–Crippen LogP) is 6.95. The molecule has 0 bridgehead atoms. The zero-order chi connectivity index (χ0) is 22.9. The van der Waals surface area contributed by atoms with Crippen LogP contribution in [0.4, 0.5) is 22.7 Å². The zero-order valence-electron chi connectivity index (χ0n) is 17.8. The number of hydrogen-bond acceptors (Lipinski definition) is 3. The predicted molar refractivity (Wildman–Crippen MR) is 143 cm³/mol. The molecule has 4 aromatic carbocycles. The first-order valence-corrected chi connectivity index (χ1v) is 11.9. The Bertz CT molecular complexity index is 1140. The molecule has 0 aliphatic heterocycles. The molecule has 0 aliphatic carbocycles. The number of rotatable bonds is 7. The maximum absolute atomic E-state index is 13.2. The van der Waals surface area contributed by atoms with E-state index in [2.05, 4.69) is 10.6 Å². The molecule has 4 aromatic rings. The van der Waals surface area contributed by atoms with Crippen LogP contribution in [0.15, 0.2) is 120 Å². The molecule has 4 rings (SSSR count). The van der Waals surface area contributed by atoms with Gasteiger partial charge in [0.1, 0.15) is 0 Å². The molecule has 1 amide bonds. The molecule has 0 saturated heterocycles. The Kier molecular flexibility index (Phi) is 7.74. The molecule has 0 spiro atoms. The van der Waals surface area contributed by atoms with Crippen molar-refractivity contribution in [1.82, 2.24) is 0 Å². The molecular formula is C27H23N3OS2. The lowest BCUT2D eigenvalue weighted by Gasteiger charge is -2.23. The molecule has 6 heteroatoms. The van der Waals surface area contributed by atoms with Crippen LogP contribution in [0, 0.1) is 0 Å². The van der Waals surface area contributed by atoms with Gasteiger partial charge in [-0.3, -0.25) is 9.69 Å². The van der Waals surface area contributed by atoms with Crippen LogP contribution in [0.25, 0.3) is 0 Å². The van der Waals surface area contributed by atoms with Crippen molar-refractivity contribution in [1.29, 1.82) is 0 Å². The third-order valence-corrected chi connectivity index (χ3v) is 5.99. The van der Waals surface area contributed by atoms with E-state index < -0.39 is 0 Å². The molecule has 0 radical (unpaired) electrons. The Balaban J connectivity index is 1.37. The largest absolute Gasteiger partial charge is 0.332 e. The van der Waals surface area contributed by atoms with Crippen LogP contribution in [-0.4, -0.2) is 16.8 Å². The Morgan fingerprint density at radius 3 is 1.64 bits per heavy atom. The second-order valence-electron chi connectivity index (χ2n) is 7.16. The van der Waals surface area contributed by atoms with Gasteiger partial charge in [-0.15, -0.1) is 11.8 Å². The van der Waals surface area contributed by atoms with Crippen molar-refractivity contribution >= 4 is 57.7 Å². The fourth-order valence-electron chi connectivity index (χ4n) is 3.25. The molecule has 4 nitrogen and oxygen atoms in total. The number of amides is 1. The third kappa shape index (κ3) is 6.44. The summed E-state index contributed by atoms with van der Waals surface area (Å²) in [6.45, 7) is 0. The van der Waals surface area contributed by atoms with Crippen molar-refractivity contribution in [3.05, 3.63) is 115 Å². The van der Waals surface area contributed by atoms with Crippen LogP contribution >= 0.6 is 24.0 Å². The Morgan fingerprint density at radius 2 is 1.12 bits per heavy atom. The molecule has 0 fully saturated rings. The number of thiocarbonyl (C=S) groups is 1. The van der Waals surface area contributed by atoms with Gasteiger partial charge in [-0.25, -0.2) is 0 Å². The summed E-state index contributed by atoms with van der Waals surface area (Å²) in [4.78, 5) is 15.9. The first kappa shape index (κ1) is 22.6. The SMILES string of the molecule is O=C(CSc1ccc(NC(=S)Nc2ccccc2)cc1)N(c1ccccc1)c1ccccc1. The molecule has 0 aliphatic rings. The average molecular weight is 470 g/mol. The second kappa shape index (κ2) is 11.3. The number of anilines is 4. The highest BCUT2D eigenvalue weighted by Gasteiger charge is 2.17. The maximum Gasteiger partial charge on any atom is 0.241 e. The molecule has 0 heterocycles. The average Bonchev–Trinajstić information content (AvgIpc) is 2.86. The summed E-state index contributed by atoms with van der Waals surface area (Å²) in [6, 6.07) is 37.1. The summed E-state index contributed by atoms with van der Waals surface area (Å²) in [5.74, 6) is 0.345. The van der Waals surface area contributed by atoms with E-state index in [1.165, 1.54) is 11.8 Å². The first-order chi connectivity index (χ1) is 16.2. The van der Waals surface area contributed by atoms with Gasteiger partial charge in [-0.05, 0) is 72.9 Å². The molecule has 164 valence electrons. The molecule has 33 heavy (non-hydrogen) atoms. The van der Waals surface area contributed by atoms with Crippen molar-refractivity contribution in [2.24, 2.45) is 0 Å². The summed E-state index contributed by atoms with van der Waals surface area (Å²) in [6.07, 6.45) is 0. The minimum atomic E-state index is 0.0211. The van der Waals surface area contributed by atoms with E-state index in [-0.39, 0.29) is 5.91 Å². The first-order valence-electron chi connectivity index (χ1n) is 10.5. The lowest BCUT2D eigenvalue weighted by Crippen LogP contribution is -2.27. The fourth-order valence-corrected chi connectivity index (χ4v) is 4.23. The van der Waals surface area contributed by atoms with Gasteiger partial charge in [0, 0.05) is 27.6 Å². The van der Waals surface area contributed by atoms with Crippen LogP contribution in [0.1, 0.15) is 0 Å². The number of carbonyl (C=O) groups excluding carboxylic acids is 1. The molecular weight excluding hydrogens is 446 g/mol. The quantitative estimate of drug-likeness (QED) is 0.226. The van der Waals surface area contributed by atoms with Crippen LogP contribution < -0.4 is 15.5 Å². The highest BCUT2D eigenvalue weighted by atomic mass is 32.2. The van der Waals surface area contributed by atoms with Crippen molar-refractivity contribution in [2.75, 3.05) is 21.3 Å². The lowest BCUT2D eigenvalue weighted by atomic mass is 10.2. The molecule has 0 unspecified atom stereocenters. The van der Waals surface area contributed by atoms with E-state index in [1.807, 2.05) is 115 Å². The van der Waals surface area contributed by atoms with E-state index in [1.54, 1.807) is 4.90 Å². The van der Waals surface area contributed by atoms with Crippen molar-refractivity contribution in [3.63, 3.8) is 0 Å². The number of thioether (sulfide) groups is 1. The van der Waals surface area contributed by atoms with Crippen LogP contribution in [-0.2, 0) is 4.79 Å². The monoisotopic (exact) mass is 469 g/mol. The highest BCUT2D eigenvalue weighted by Crippen LogP contribution is 2.28. The van der Waals surface area contributed by atoms with E-state index in [9.17, 15) is 4.79 Å². The van der Waals surface area contributed by atoms with Gasteiger partial charge in [0.2, 0.25) is 5.91 Å². The summed E-state index contributed by atoms with van der Waals surface area (Å²) in [7, 11) is 0. The summed E-state index contributed by atoms with van der Waals surface area (Å²) < 4.78 is 0. The smallest absolute Gasteiger partial charge is 0.241 e. The minimum absolute atomic E-state index is 0.0211. The summed E-state index contributed by atoms with van der Waals surface area (Å²) in [5, 5.41) is 6.86. The van der Waals surface area contributed by atoms with Crippen molar-refractivity contribution < 1.29 is 4.79 Å². The number of nitrogens with zero attached hydrogens (tertiary/aromatic N) is 1. The van der Waals surface area contributed by atoms with E-state index >= 15 is 0 Å². The summed E-state index contributed by atoms with van der Waals surface area (Å²) in [5.41, 5.74) is 3.53. The fraction of sp³-hybridized carbons (Fsp3) is 0.0370. The van der Waals surface area contributed by atoms with Crippen LogP contribution in [0.3, 0.4) is 0 Å². The Labute approximate surface area is 203 Å². The van der Waals surface area contributed by atoms with Crippen molar-refractivity contribution in [2.45, 2.75) is 4.90 Å². The highest BCUT2D eigenvalue weighted by molar-refractivity contribution is 8.00. The molecule has 0 atom stereocenters. The number of nitrogens with one attached hydrogen (secondary N) is 2. The van der Waals surface area contributed by atoms with Crippen LogP contribution in [0.5, 0.6) is 0 Å². The normalized spacial score (nSPS) is 10.3.